The van der Waals surface area contributed by atoms with Gasteiger partial charge in [0.1, 0.15) is 5.00 Å². The number of rotatable bonds is 1. The molecule has 1 aliphatic rings. The van der Waals surface area contributed by atoms with Gasteiger partial charge in [-0.15, -0.1) is 11.3 Å². The van der Waals surface area contributed by atoms with Gasteiger partial charge in [-0.2, -0.15) is 0 Å². The van der Waals surface area contributed by atoms with Gasteiger partial charge in [-0.1, -0.05) is 48.5 Å². The number of hydrogen-bond acceptors (Lipinski definition) is 3. The van der Waals surface area contributed by atoms with Gasteiger partial charge in [0.15, 0.2) is 0 Å². The van der Waals surface area contributed by atoms with Crippen molar-refractivity contribution in [2.45, 2.75) is 0 Å². The normalized spacial score (nSPS) is 12.7. The lowest BCUT2D eigenvalue weighted by Gasteiger charge is -2.10. The van der Waals surface area contributed by atoms with E-state index in [1.54, 1.807) is 11.3 Å². The fourth-order valence-electron chi connectivity index (χ4n) is 2.40. The number of benzene rings is 2. The summed E-state index contributed by atoms with van der Waals surface area (Å²) < 4.78 is 0. The molecular formula is C17H12N2S. The van der Waals surface area contributed by atoms with Crippen molar-refractivity contribution >= 4 is 33.4 Å². The van der Waals surface area contributed by atoms with Gasteiger partial charge in [-0.3, -0.25) is 0 Å². The van der Waals surface area contributed by atoms with Gasteiger partial charge in [-0.25, -0.2) is 4.99 Å². The van der Waals surface area contributed by atoms with Gasteiger partial charge in [-0.05, 0) is 17.5 Å². The van der Waals surface area contributed by atoms with Crippen LogP contribution in [-0.2, 0) is 0 Å². The maximum absolute atomic E-state index is 4.88. The van der Waals surface area contributed by atoms with Crippen LogP contribution < -0.4 is 5.32 Å². The molecule has 0 unspecified atom stereocenters. The van der Waals surface area contributed by atoms with Crippen molar-refractivity contribution in [2.24, 2.45) is 4.99 Å². The average molecular weight is 276 g/mol. The Morgan fingerprint density at radius 2 is 1.60 bits per heavy atom. The molecule has 0 radical (unpaired) electrons. The number of thiophene rings is 1. The zero-order valence-electron chi connectivity index (χ0n) is 10.7. The standard InChI is InChI=1S/C17H12N2S/c1-2-6-12(7-3-1)16-13-8-4-5-9-14(13)18-15-10-11-20-17(15)19-16/h1-11,18H. The minimum absolute atomic E-state index is 1.02. The highest BCUT2D eigenvalue weighted by Gasteiger charge is 2.17. The Bertz CT molecular complexity index is 788. The molecule has 0 saturated carbocycles. The average Bonchev–Trinajstić information content (AvgIpc) is 2.87. The first kappa shape index (κ1) is 11.4. The highest BCUT2D eigenvalue weighted by Crippen LogP contribution is 2.39. The summed E-state index contributed by atoms with van der Waals surface area (Å²) in [5.74, 6) is 0. The fourth-order valence-corrected chi connectivity index (χ4v) is 3.13. The lowest BCUT2D eigenvalue weighted by Crippen LogP contribution is -2.04. The zero-order valence-corrected chi connectivity index (χ0v) is 11.5. The van der Waals surface area contributed by atoms with E-state index in [4.69, 9.17) is 4.99 Å². The molecule has 1 N–H and O–H groups in total. The van der Waals surface area contributed by atoms with Gasteiger partial charge >= 0.3 is 0 Å². The van der Waals surface area contributed by atoms with Crippen molar-refractivity contribution in [3.8, 4) is 0 Å². The Morgan fingerprint density at radius 3 is 2.50 bits per heavy atom. The van der Waals surface area contributed by atoms with E-state index in [-0.39, 0.29) is 0 Å². The van der Waals surface area contributed by atoms with Crippen LogP contribution in [-0.4, -0.2) is 5.71 Å². The first-order chi connectivity index (χ1) is 9.92. The fraction of sp³-hybridized carbons (Fsp3) is 0. The molecule has 1 aliphatic heterocycles. The van der Waals surface area contributed by atoms with E-state index in [0.29, 0.717) is 0 Å². The predicted molar refractivity (Wildman–Crippen MR) is 85.8 cm³/mol. The second-order valence-corrected chi connectivity index (χ2v) is 5.53. The molecule has 0 atom stereocenters. The van der Waals surface area contributed by atoms with E-state index in [1.807, 2.05) is 24.3 Å². The minimum atomic E-state index is 1.02. The molecule has 20 heavy (non-hydrogen) atoms. The van der Waals surface area contributed by atoms with Gasteiger partial charge in [0.25, 0.3) is 0 Å². The van der Waals surface area contributed by atoms with Crippen LogP contribution in [0.15, 0.2) is 71.0 Å². The van der Waals surface area contributed by atoms with Crippen molar-refractivity contribution in [2.75, 3.05) is 5.32 Å². The van der Waals surface area contributed by atoms with Crippen LogP contribution in [0.5, 0.6) is 0 Å². The second kappa shape index (κ2) is 4.62. The molecule has 4 rings (SSSR count). The molecule has 1 aromatic heterocycles. The van der Waals surface area contributed by atoms with Gasteiger partial charge in [0.2, 0.25) is 0 Å². The van der Waals surface area contributed by atoms with Crippen LogP contribution in [0.3, 0.4) is 0 Å². The number of anilines is 2. The topological polar surface area (TPSA) is 24.4 Å². The van der Waals surface area contributed by atoms with Gasteiger partial charge < -0.3 is 5.32 Å². The third-order valence-corrected chi connectivity index (χ3v) is 4.16. The molecule has 2 aromatic carbocycles. The molecule has 2 nitrogen and oxygen atoms in total. The quantitative estimate of drug-likeness (QED) is 0.521. The van der Waals surface area contributed by atoms with E-state index in [9.17, 15) is 0 Å². The van der Waals surface area contributed by atoms with Crippen LogP contribution in [0.4, 0.5) is 16.4 Å². The number of aliphatic imine (C=N–C) groups is 1. The Hall–Kier alpha value is -2.39. The lowest BCUT2D eigenvalue weighted by atomic mass is 10.0. The van der Waals surface area contributed by atoms with E-state index in [0.717, 1.165) is 33.2 Å². The zero-order chi connectivity index (χ0) is 13.4. The largest absolute Gasteiger partial charge is 0.352 e. The molecule has 96 valence electrons. The van der Waals surface area contributed by atoms with Crippen molar-refractivity contribution in [1.29, 1.82) is 0 Å². The summed E-state index contributed by atoms with van der Waals surface area (Å²) in [4.78, 5) is 4.88. The summed E-state index contributed by atoms with van der Waals surface area (Å²) >= 11 is 1.66. The molecule has 0 saturated heterocycles. The first-order valence-electron chi connectivity index (χ1n) is 6.50. The summed E-state index contributed by atoms with van der Waals surface area (Å²) in [5.41, 5.74) is 5.49. The molecule has 3 aromatic rings. The highest BCUT2D eigenvalue weighted by molar-refractivity contribution is 7.14. The minimum Gasteiger partial charge on any atom is -0.352 e. The molecule has 0 spiro atoms. The van der Waals surface area contributed by atoms with Crippen LogP contribution in [0.2, 0.25) is 0 Å². The molecule has 0 bridgehead atoms. The van der Waals surface area contributed by atoms with Crippen molar-refractivity contribution < 1.29 is 0 Å². The number of nitrogens with one attached hydrogen (secondary N) is 1. The Morgan fingerprint density at radius 1 is 0.800 bits per heavy atom. The number of fused-ring (bicyclic) bond motifs is 2. The van der Waals surface area contributed by atoms with Crippen LogP contribution in [0.25, 0.3) is 0 Å². The Labute approximate surface area is 121 Å². The van der Waals surface area contributed by atoms with Gasteiger partial charge in [0.05, 0.1) is 11.4 Å². The SMILES string of the molecule is c1ccc(C2=Nc3sccc3Nc3ccccc32)cc1. The monoisotopic (exact) mass is 276 g/mol. The second-order valence-electron chi connectivity index (χ2n) is 4.64. The van der Waals surface area contributed by atoms with E-state index < -0.39 is 0 Å². The third-order valence-electron chi connectivity index (χ3n) is 3.36. The third kappa shape index (κ3) is 1.84. The van der Waals surface area contributed by atoms with Crippen molar-refractivity contribution in [3.63, 3.8) is 0 Å². The van der Waals surface area contributed by atoms with Crippen LogP contribution >= 0.6 is 11.3 Å². The van der Waals surface area contributed by atoms with Crippen LogP contribution in [0, 0.1) is 0 Å². The van der Waals surface area contributed by atoms with E-state index in [1.165, 1.54) is 0 Å². The summed E-state index contributed by atoms with van der Waals surface area (Å²) in [5, 5.41) is 6.57. The number of hydrogen-bond donors (Lipinski definition) is 1. The maximum atomic E-state index is 4.88. The number of nitrogens with zero attached hydrogens (tertiary/aromatic N) is 1. The number of para-hydroxylation sites is 1. The Balaban J connectivity index is 2.00. The molecule has 0 aliphatic carbocycles. The van der Waals surface area contributed by atoms with Gasteiger partial charge in [0, 0.05) is 16.8 Å². The molecule has 3 heteroatoms. The van der Waals surface area contributed by atoms with E-state index >= 15 is 0 Å². The lowest BCUT2D eigenvalue weighted by molar-refractivity contribution is 1.55. The van der Waals surface area contributed by atoms with Crippen LogP contribution in [0.1, 0.15) is 11.1 Å². The molecular weight excluding hydrogens is 264 g/mol. The van der Waals surface area contributed by atoms with Crippen molar-refractivity contribution in [3.05, 3.63) is 77.2 Å². The Kier molecular flexibility index (Phi) is 2.64. The highest BCUT2D eigenvalue weighted by atomic mass is 32.1. The van der Waals surface area contributed by atoms with E-state index in [2.05, 4.69) is 47.1 Å². The summed E-state index contributed by atoms with van der Waals surface area (Å²) in [6, 6.07) is 20.7. The summed E-state index contributed by atoms with van der Waals surface area (Å²) in [6.45, 7) is 0. The molecule has 0 fully saturated rings. The molecule has 2 heterocycles. The van der Waals surface area contributed by atoms with Crippen molar-refractivity contribution in [1.82, 2.24) is 0 Å². The maximum Gasteiger partial charge on any atom is 0.140 e. The smallest absolute Gasteiger partial charge is 0.140 e. The first-order valence-corrected chi connectivity index (χ1v) is 7.38. The molecule has 0 amide bonds. The summed E-state index contributed by atoms with van der Waals surface area (Å²) in [7, 11) is 0. The predicted octanol–water partition coefficient (Wildman–Crippen LogP) is 4.97. The summed E-state index contributed by atoms with van der Waals surface area (Å²) in [6.07, 6.45) is 0.